The van der Waals surface area contributed by atoms with Gasteiger partial charge in [0.15, 0.2) is 17.2 Å². The summed E-state index contributed by atoms with van der Waals surface area (Å²) in [4.78, 5) is 16.4. The van der Waals surface area contributed by atoms with Crippen molar-refractivity contribution in [1.82, 2.24) is 0 Å². The predicted molar refractivity (Wildman–Crippen MR) is 111 cm³/mol. The number of methoxy groups -OCH3 is 1. The summed E-state index contributed by atoms with van der Waals surface area (Å²) >= 11 is 0. The first kappa shape index (κ1) is 19.4. The van der Waals surface area contributed by atoms with E-state index in [4.69, 9.17) is 14.2 Å². The van der Waals surface area contributed by atoms with E-state index in [0.717, 1.165) is 5.56 Å². The molecule has 0 aromatic heterocycles. The maximum atomic E-state index is 13.4. The molecule has 30 heavy (non-hydrogen) atoms. The Labute approximate surface area is 173 Å². The van der Waals surface area contributed by atoms with Gasteiger partial charge in [0, 0.05) is 5.56 Å². The highest BCUT2D eigenvalue weighted by Gasteiger charge is 2.24. The van der Waals surface area contributed by atoms with Gasteiger partial charge in [0.25, 0.3) is 0 Å². The Kier molecular flexibility index (Phi) is 5.57. The Morgan fingerprint density at radius 3 is 2.60 bits per heavy atom. The minimum absolute atomic E-state index is 0.0699. The van der Waals surface area contributed by atoms with Gasteiger partial charge in [-0.15, -0.1) is 0 Å². The molecule has 150 valence electrons. The van der Waals surface area contributed by atoms with Crippen LogP contribution >= 0.6 is 0 Å². The van der Waals surface area contributed by atoms with E-state index >= 15 is 0 Å². The summed E-state index contributed by atoms with van der Waals surface area (Å²) in [5.74, 6) is 0.153. The molecular formula is C24H18FNO4. The summed E-state index contributed by atoms with van der Waals surface area (Å²) in [6.07, 6.45) is 1.58. The smallest absolute Gasteiger partial charge is 0.363 e. The number of hydrogen-bond donors (Lipinski definition) is 0. The highest BCUT2D eigenvalue weighted by atomic mass is 19.1. The summed E-state index contributed by atoms with van der Waals surface area (Å²) in [5, 5.41) is 0. The van der Waals surface area contributed by atoms with Crippen molar-refractivity contribution in [2.45, 2.75) is 6.61 Å². The first-order valence-corrected chi connectivity index (χ1v) is 9.25. The fourth-order valence-electron chi connectivity index (χ4n) is 2.94. The van der Waals surface area contributed by atoms with Crippen LogP contribution in [-0.2, 0) is 16.1 Å². The van der Waals surface area contributed by atoms with Gasteiger partial charge >= 0.3 is 5.97 Å². The second kappa shape index (κ2) is 8.61. The third-order valence-electron chi connectivity index (χ3n) is 4.42. The second-order valence-electron chi connectivity index (χ2n) is 6.53. The SMILES string of the molecule is COc1cc(C=C2N=C(c3cccc(F)c3)OC2=O)ccc1OCc1ccccc1. The molecule has 0 radical (unpaired) electrons. The Morgan fingerprint density at radius 1 is 1.00 bits per heavy atom. The molecule has 0 saturated carbocycles. The first-order valence-electron chi connectivity index (χ1n) is 9.25. The topological polar surface area (TPSA) is 57.1 Å². The number of rotatable bonds is 6. The molecule has 0 N–H and O–H groups in total. The Hall–Kier alpha value is -3.93. The lowest BCUT2D eigenvalue weighted by atomic mass is 10.1. The highest BCUT2D eigenvalue weighted by molar-refractivity contribution is 6.12. The van der Waals surface area contributed by atoms with Crippen molar-refractivity contribution >= 4 is 17.9 Å². The van der Waals surface area contributed by atoms with Gasteiger partial charge < -0.3 is 14.2 Å². The van der Waals surface area contributed by atoms with Crippen LogP contribution < -0.4 is 9.47 Å². The maximum Gasteiger partial charge on any atom is 0.363 e. The minimum Gasteiger partial charge on any atom is -0.493 e. The summed E-state index contributed by atoms with van der Waals surface area (Å²) in [5.41, 5.74) is 2.25. The number of esters is 1. The molecular weight excluding hydrogens is 385 g/mol. The van der Waals surface area contributed by atoms with E-state index in [1.165, 1.54) is 18.2 Å². The minimum atomic E-state index is -0.599. The largest absolute Gasteiger partial charge is 0.493 e. The van der Waals surface area contributed by atoms with Gasteiger partial charge in [-0.1, -0.05) is 42.5 Å². The molecule has 1 aliphatic heterocycles. The van der Waals surface area contributed by atoms with E-state index in [0.29, 0.717) is 29.2 Å². The molecule has 0 spiro atoms. The van der Waals surface area contributed by atoms with Crippen molar-refractivity contribution in [1.29, 1.82) is 0 Å². The zero-order valence-electron chi connectivity index (χ0n) is 16.2. The van der Waals surface area contributed by atoms with Crippen LogP contribution in [0.1, 0.15) is 16.7 Å². The summed E-state index contributed by atoms with van der Waals surface area (Å²) < 4.78 is 29.9. The molecule has 0 amide bonds. The molecule has 0 fully saturated rings. The van der Waals surface area contributed by atoms with Crippen LogP contribution in [0, 0.1) is 5.82 Å². The van der Waals surface area contributed by atoms with Crippen LogP contribution in [0.4, 0.5) is 4.39 Å². The summed E-state index contributed by atoms with van der Waals surface area (Å²) in [7, 11) is 1.55. The zero-order chi connectivity index (χ0) is 20.9. The average Bonchev–Trinajstić information content (AvgIpc) is 3.13. The van der Waals surface area contributed by atoms with Crippen molar-refractivity contribution in [2.24, 2.45) is 4.99 Å². The van der Waals surface area contributed by atoms with E-state index in [-0.39, 0.29) is 11.6 Å². The van der Waals surface area contributed by atoms with E-state index < -0.39 is 11.8 Å². The quantitative estimate of drug-likeness (QED) is 0.440. The lowest BCUT2D eigenvalue weighted by Gasteiger charge is -2.11. The normalized spacial score (nSPS) is 14.4. The molecule has 3 aromatic rings. The van der Waals surface area contributed by atoms with Gasteiger partial charge in [0.05, 0.1) is 7.11 Å². The van der Waals surface area contributed by atoms with Gasteiger partial charge in [-0.25, -0.2) is 14.2 Å². The van der Waals surface area contributed by atoms with Gasteiger partial charge in [0.2, 0.25) is 5.90 Å². The maximum absolute atomic E-state index is 13.4. The van der Waals surface area contributed by atoms with E-state index in [1.54, 1.807) is 37.5 Å². The van der Waals surface area contributed by atoms with Crippen molar-refractivity contribution in [2.75, 3.05) is 7.11 Å². The number of ether oxygens (including phenoxy) is 3. The number of carbonyl (C=O) groups excluding carboxylic acids is 1. The molecule has 0 atom stereocenters. The van der Waals surface area contributed by atoms with Crippen LogP contribution in [-0.4, -0.2) is 19.0 Å². The van der Waals surface area contributed by atoms with Crippen molar-refractivity contribution in [3.05, 3.63) is 101 Å². The fourth-order valence-corrected chi connectivity index (χ4v) is 2.94. The number of halogens is 1. The van der Waals surface area contributed by atoms with Crippen LogP contribution in [0.15, 0.2) is 83.5 Å². The van der Waals surface area contributed by atoms with Gasteiger partial charge in [-0.2, -0.15) is 0 Å². The van der Waals surface area contributed by atoms with Crippen molar-refractivity contribution < 1.29 is 23.4 Å². The molecule has 4 rings (SSSR count). The van der Waals surface area contributed by atoms with Crippen LogP contribution in [0.5, 0.6) is 11.5 Å². The summed E-state index contributed by atoms with van der Waals surface area (Å²) in [6.45, 7) is 0.408. The van der Waals surface area contributed by atoms with Crippen LogP contribution in [0.2, 0.25) is 0 Å². The molecule has 0 saturated heterocycles. The Bertz CT molecular complexity index is 1140. The molecule has 5 nitrogen and oxygen atoms in total. The van der Waals surface area contributed by atoms with E-state index in [2.05, 4.69) is 4.99 Å². The third kappa shape index (κ3) is 4.38. The monoisotopic (exact) mass is 403 g/mol. The molecule has 1 aliphatic rings. The second-order valence-corrected chi connectivity index (χ2v) is 6.53. The first-order chi connectivity index (χ1) is 14.6. The lowest BCUT2D eigenvalue weighted by Crippen LogP contribution is -2.05. The lowest BCUT2D eigenvalue weighted by molar-refractivity contribution is -0.129. The number of carbonyl (C=O) groups is 1. The average molecular weight is 403 g/mol. The molecule has 1 heterocycles. The Morgan fingerprint density at radius 2 is 1.83 bits per heavy atom. The van der Waals surface area contributed by atoms with Gasteiger partial charge in [0.1, 0.15) is 12.4 Å². The zero-order valence-corrected chi connectivity index (χ0v) is 16.2. The predicted octanol–water partition coefficient (Wildman–Crippen LogP) is 4.76. The number of nitrogens with zero attached hydrogens (tertiary/aromatic N) is 1. The Balaban J connectivity index is 1.55. The van der Waals surface area contributed by atoms with E-state index in [1.807, 2.05) is 30.3 Å². The standard InChI is InChI=1S/C24H18FNO4/c1-28-22-13-17(10-11-21(22)29-15-16-6-3-2-4-7-16)12-20-24(27)30-23(26-20)18-8-5-9-19(25)14-18/h2-14H,15H2,1H3. The number of cyclic esters (lactones) is 1. The van der Waals surface area contributed by atoms with E-state index in [9.17, 15) is 9.18 Å². The van der Waals surface area contributed by atoms with Crippen molar-refractivity contribution in [3.8, 4) is 11.5 Å². The van der Waals surface area contributed by atoms with Crippen LogP contribution in [0.25, 0.3) is 6.08 Å². The molecule has 0 aliphatic carbocycles. The van der Waals surface area contributed by atoms with Gasteiger partial charge in [-0.05, 0) is 47.5 Å². The number of aliphatic imine (C=N–C) groups is 1. The fraction of sp³-hybridized carbons (Fsp3) is 0.0833. The molecule has 6 heteroatoms. The van der Waals surface area contributed by atoms with Gasteiger partial charge in [-0.3, -0.25) is 0 Å². The third-order valence-corrected chi connectivity index (χ3v) is 4.42. The molecule has 3 aromatic carbocycles. The highest BCUT2D eigenvalue weighted by Crippen LogP contribution is 2.30. The summed E-state index contributed by atoms with van der Waals surface area (Å²) in [6, 6.07) is 20.8. The molecule has 0 bridgehead atoms. The number of hydrogen-bond acceptors (Lipinski definition) is 5. The molecule has 0 unspecified atom stereocenters. The number of benzene rings is 3. The van der Waals surface area contributed by atoms with Crippen LogP contribution in [0.3, 0.4) is 0 Å². The van der Waals surface area contributed by atoms with Crippen molar-refractivity contribution in [3.63, 3.8) is 0 Å².